The number of carbonyl (C=O) groups excluding carboxylic acids is 1. The highest BCUT2D eigenvalue weighted by molar-refractivity contribution is 6.05. The van der Waals surface area contributed by atoms with E-state index in [0.717, 1.165) is 12.1 Å². The number of alkyl halides is 5. The number of rotatable bonds is 6. The maximum absolute atomic E-state index is 12.9. The van der Waals surface area contributed by atoms with Gasteiger partial charge in [-0.25, -0.2) is 0 Å². The molecule has 0 spiro atoms. The number of aryl methyl sites for hydroxylation is 1. The summed E-state index contributed by atoms with van der Waals surface area (Å²) in [6.07, 6.45) is -4.46. The minimum Gasteiger partial charge on any atom is -0.434 e. The summed E-state index contributed by atoms with van der Waals surface area (Å²) in [5, 5.41) is 6.65. The monoisotopic (exact) mass is 425 g/mol. The number of carbonyl (C=O) groups is 1. The van der Waals surface area contributed by atoms with E-state index in [4.69, 9.17) is 0 Å². The minimum atomic E-state index is -4.46. The second-order valence-corrected chi connectivity index (χ2v) is 6.36. The standard InChI is InChI=1S/C20H16F5N3O2/c1-12-9-17(26-18(29)15-7-2-3-8-16(15)30-19(21)22)27-28(12)11-13-5-4-6-14(10-13)20(23,24)25/h2-10,19H,11H2,1H3,(H,26,27,29). The van der Waals surface area contributed by atoms with Gasteiger partial charge in [0.25, 0.3) is 5.91 Å². The summed E-state index contributed by atoms with van der Waals surface area (Å²) in [5.41, 5.74) is 0.0845. The molecule has 1 amide bonds. The van der Waals surface area contributed by atoms with Crippen molar-refractivity contribution in [1.29, 1.82) is 0 Å². The lowest BCUT2D eigenvalue weighted by Crippen LogP contribution is -2.15. The molecular weight excluding hydrogens is 409 g/mol. The molecule has 30 heavy (non-hydrogen) atoms. The average Bonchev–Trinajstić information content (AvgIpc) is 3.00. The molecule has 2 aromatic carbocycles. The first-order valence-electron chi connectivity index (χ1n) is 8.69. The van der Waals surface area contributed by atoms with Crippen molar-refractivity contribution in [2.24, 2.45) is 0 Å². The van der Waals surface area contributed by atoms with E-state index in [9.17, 15) is 26.7 Å². The summed E-state index contributed by atoms with van der Waals surface area (Å²) >= 11 is 0. The first-order chi connectivity index (χ1) is 14.1. The van der Waals surface area contributed by atoms with Crippen LogP contribution in [0.3, 0.4) is 0 Å². The number of nitrogens with zero attached hydrogens (tertiary/aromatic N) is 2. The Hall–Kier alpha value is -3.43. The van der Waals surface area contributed by atoms with Gasteiger partial charge in [-0.1, -0.05) is 24.3 Å². The van der Waals surface area contributed by atoms with Crippen molar-refractivity contribution in [3.63, 3.8) is 0 Å². The van der Waals surface area contributed by atoms with Crippen molar-refractivity contribution in [2.75, 3.05) is 5.32 Å². The van der Waals surface area contributed by atoms with E-state index < -0.39 is 24.3 Å². The normalized spacial score (nSPS) is 11.6. The molecule has 0 saturated carbocycles. The second-order valence-electron chi connectivity index (χ2n) is 6.36. The van der Waals surface area contributed by atoms with Gasteiger partial charge >= 0.3 is 12.8 Å². The highest BCUT2D eigenvalue weighted by Crippen LogP contribution is 2.30. The number of benzene rings is 2. The number of anilines is 1. The zero-order chi connectivity index (χ0) is 21.9. The summed E-state index contributed by atoms with van der Waals surface area (Å²) in [5.74, 6) is -0.878. The van der Waals surface area contributed by atoms with E-state index in [0.29, 0.717) is 11.3 Å². The van der Waals surface area contributed by atoms with E-state index in [-0.39, 0.29) is 23.7 Å². The average molecular weight is 425 g/mol. The van der Waals surface area contributed by atoms with Crippen LogP contribution < -0.4 is 10.1 Å². The van der Waals surface area contributed by atoms with Gasteiger partial charge in [-0.15, -0.1) is 0 Å². The van der Waals surface area contributed by atoms with Crippen molar-refractivity contribution >= 4 is 11.7 Å². The fraction of sp³-hybridized carbons (Fsp3) is 0.200. The van der Waals surface area contributed by atoms with Gasteiger partial charge in [0.1, 0.15) is 5.75 Å². The molecule has 3 aromatic rings. The fourth-order valence-corrected chi connectivity index (χ4v) is 2.79. The lowest BCUT2D eigenvalue weighted by atomic mass is 10.1. The Balaban J connectivity index is 1.77. The van der Waals surface area contributed by atoms with Crippen LogP contribution in [0, 0.1) is 6.92 Å². The van der Waals surface area contributed by atoms with Gasteiger partial charge in [0.2, 0.25) is 0 Å². The lowest BCUT2D eigenvalue weighted by molar-refractivity contribution is -0.137. The summed E-state index contributed by atoms with van der Waals surface area (Å²) in [7, 11) is 0. The van der Waals surface area contributed by atoms with Gasteiger partial charge in [-0.2, -0.15) is 27.1 Å². The van der Waals surface area contributed by atoms with Crippen molar-refractivity contribution in [3.05, 3.63) is 77.0 Å². The number of nitrogens with one attached hydrogen (secondary N) is 1. The predicted molar refractivity (Wildman–Crippen MR) is 98.5 cm³/mol. The largest absolute Gasteiger partial charge is 0.434 e. The van der Waals surface area contributed by atoms with Crippen molar-refractivity contribution in [2.45, 2.75) is 26.3 Å². The number of hydrogen-bond acceptors (Lipinski definition) is 3. The molecule has 0 saturated heterocycles. The van der Waals surface area contributed by atoms with Crippen LogP contribution in [0.4, 0.5) is 27.8 Å². The van der Waals surface area contributed by atoms with Gasteiger partial charge in [-0.3, -0.25) is 9.48 Å². The molecule has 0 aliphatic rings. The number of para-hydroxylation sites is 1. The Morgan fingerprint density at radius 3 is 2.57 bits per heavy atom. The Bertz CT molecular complexity index is 1050. The highest BCUT2D eigenvalue weighted by Gasteiger charge is 2.30. The Morgan fingerprint density at radius 2 is 1.87 bits per heavy atom. The molecule has 0 atom stereocenters. The lowest BCUT2D eigenvalue weighted by Gasteiger charge is -2.10. The SMILES string of the molecule is Cc1cc(NC(=O)c2ccccc2OC(F)F)nn1Cc1cccc(C(F)(F)F)c1. The number of amides is 1. The van der Waals surface area contributed by atoms with Crippen LogP contribution >= 0.6 is 0 Å². The zero-order valence-electron chi connectivity index (χ0n) is 15.6. The second kappa shape index (κ2) is 8.52. The predicted octanol–water partition coefficient (Wildman–Crippen LogP) is 5.11. The molecule has 1 N–H and O–H groups in total. The maximum atomic E-state index is 12.9. The molecule has 0 fully saturated rings. The van der Waals surface area contributed by atoms with Crippen LogP contribution in [0.15, 0.2) is 54.6 Å². The summed E-state index contributed by atoms with van der Waals surface area (Å²) in [4.78, 5) is 12.4. The Morgan fingerprint density at radius 1 is 1.13 bits per heavy atom. The van der Waals surface area contributed by atoms with Gasteiger partial charge in [0, 0.05) is 11.8 Å². The van der Waals surface area contributed by atoms with Gasteiger partial charge < -0.3 is 10.1 Å². The molecule has 0 aliphatic carbocycles. The summed E-state index contributed by atoms with van der Waals surface area (Å²) in [6, 6.07) is 11.8. The summed E-state index contributed by atoms with van der Waals surface area (Å²) in [6.45, 7) is -1.37. The number of ether oxygens (including phenoxy) is 1. The maximum Gasteiger partial charge on any atom is 0.416 e. The minimum absolute atomic E-state index is 0.0523. The molecular formula is C20H16F5N3O2. The van der Waals surface area contributed by atoms with E-state index in [1.165, 1.54) is 47.1 Å². The Kier molecular flexibility index (Phi) is 6.04. The molecule has 0 bridgehead atoms. The summed E-state index contributed by atoms with van der Waals surface area (Å²) < 4.78 is 69.4. The molecule has 1 heterocycles. The van der Waals surface area contributed by atoms with Crippen LogP contribution in [-0.4, -0.2) is 22.3 Å². The number of hydrogen-bond donors (Lipinski definition) is 1. The third-order valence-electron chi connectivity index (χ3n) is 4.16. The van der Waals surface area contributed by atoms with Crippen LogP contribution in [0.2, 0.25) is 0 Å². The third-order valence-corrected chi connectivity index (χ3v) is 4.16. The van der Waals surface area contributed by atoms with Crippen LogP contribution in [0.1, 0.15) is 27.2 Å². The topological polar surface area (TPSA) is 56.1 Å². The van der Waals surface area contributed by atoms with Crippen molar-refractivity contribution in [1.82, 2.24) is 9.78 Å². The molecule has 158 valence electrons. The first-order valence-corrected chi connectivity index (χ1v) is 8.69. The molecule has 5 nitrogen and oxygen atoms in total. The van der Waals surface area contributed by atoms with Crippen molar-refractivity contribution in [3.8, 4) is 5.75 Å². The highest BCUT2D eigenvalue weighted by atomic mass is 19.4. The van der Waals surface area contributed by atoms with E-state index in [2.05, 4.69) is 15.2 Å². The van der Waals surface area contributed by atoms with Crippen LogP contribution in [-0.2, 0) is 12.7 Å². The molecule has 10 heteroatoms. The molecule has 3 rings (SSSR count). The smallest absolute Gasteiger partial charge is 0.416 e. The Labute approximate surface area is 168 Å². The molecule has 0 unspecified atom stereocenters. The molecule has 0 radical (unpaired) electrons. The van der Waals surface area contributed by atoms with Gasteiger partial charge in [0.05, 0.1) is 17.7 Å². The van der Waals surface area contributed by atoms with E-state index in [1.807, 2.05) is 0 Å². The van der Waals surface area contributed by atoms with Gasteiger partial charge in [-0.05, 0) is 36.8 Å². The molecule has 0 aliphatic heterocycles. The third kappa shape index (κ3) is 5.13. The number of halogens is 5. The van der Waals surface area contributed by atoms with Crippen LogP contribution in [0.5, 0.6) is 5.75 Å². The number of aromatic nitrogens is 2. The van der Waals surface area contributed by atoms with E-state index >= 15 is 0 Å². The van der Waals surface area contributed by atoms with Crippen LogP contribution in [0.25, 0.3) is 0 Å². The fourth-order valence-electron chi connectivity index (χ4n) is 2.79. The van der Waals surface area contributed by atoms with Crippen molar-refractivity contribution < 1.29 is 31.5 Å². The molecule has 1 aromatic heterocycles. The quantitative estimate of drug-likeness (QED) is 0.559. The zero-order valence-corrected chi connectivity index (χ0v) is 15.6. The first kappa shape index (κ1) is 21.3. The van der Waals surface area contributed by atoms with E-state index in [1.54, 1.807) is 6.92 Å². The van der Waals surface area contributed by atoms with Gasteiger partial charge in [0.15, 0.2) is 5.82 Å².